The van der Waals surface area contributed by atoms with Crippen LogP contribution in [-0.2, 0) is 9.84 Å². The Balaban J connectivity index is 2.09. The average Bonchev–Trinajstić information content (AvgIpc) is 2.55. The van der Waals surface area contributed by atoms with Crippen LogP contribution in [0.25, 0.3) is 22.5 Å². The van der Waals surface area contributed by atoms with Crippen LogP contribution in [-0.4, -0.2) is 24.6 Å². The highest BCUT2D eigenvalue weighted by Crippen LogP contribution is 2.29. The number of hydrogen-bond donors (Lipinski definition) is 0. The van der Waals surface area contributed by atoms with Gasteiger partial charge in [-0.25, -0.2) is 8.42 Å². The summed E-state index contributed by atoms with van der Waals surface area (Å²) in [7, 11) is -3.20. The Labute approximate surface area is 135 Å². The Hall–Kier alpha value is -2.53. The molecule has 0 aliphatic rings. The van der Waals surface area contributed by atoms with Crippen LogP contribution in [0.2, 0.25) is 0 Å². The van der Waals surface area contributed by atoms with Crippen molar-refractivity contribution in [3.63, 3.8) is 0 Å². The zero-order chi connectivity index (χ0) is 16.4. The first-order valence-corrected chi connectivity index (χ1v) is 9.03. The first-order chi connectivity index (χ1) is 10.9. The van der Waals surface area contributed by atoms with Crippen LogP contribution in [0, 0.1) is 6.92 Å². The smallest absolute Gasteiger partial charge is 0.175 e. The van der Waals surface area contributed by atoms with E-state index in [0.29, 0.717) is 4.90 Å². The van der Waals surface area contributed by atoms with E-state index in [-0.39, 0.29) is 0 Å². The van der Waals surface area contributed by atoms with Crippen molar-refractivity contribution in [1.29, 1.82) is 0 Å². The average molecular weight is 324 g/mol. The summed E-state index contributed by atoms with van der Waals surface area (Å²) in [5, 5.41) is 0. The molecule has 0 unspecified atom stereocenters. The summed E-state index contributed by atoms with van der Waals surface area (Å²) in [5.41, 5.74) is 4.50. The van der Waals surface area contributed by atoms with Gasteiger partial charge in [0.25, 0.3) is 0 Å². The molecule has 0 aliphatic heterocycles. The molecule has 0 N–H and O–H groups in total. The van der Waals surface area contributed by atoms with E-state index in [0.717, 1.165) is 22.5 Å². The molecule has 0 atom stereocenters. The second-order valence-corrected chi connectivity index (χ2v) is 7.43. The minimum atomic E-state index is -3.20. The highest BCUT2D eigenvalue weighted by molar-refractivity contribution is 7.90. The predicted octanol–water partition coefficient (Wildman–Crippen LogP) is 3.52. The molecule has 3 aromatic rings. The molecule has 0 aliphatic carbocycles. The Bertz CT molecular complexity index is 932. The summed E-state index contributed by atoms with van der Waals surface area (Å²) >= 11 is 0. The topological polar surface area (TPSA) is 59.9 Å². The van der Waals surface area contributed by atoms with Gasteiger partial charge in [-0.2, -0.15) is 0 Å². The van der Waals surface area contributed by atoms with Gasteiger partial charge in [-0.3, -0.25) is 9.97 Å². The lowest BCUT2D eigenvalue weighted by Crippen LogP contribution is -1.97. The Morgan fingerprint density at radius 3 is 1.61 bits per heavy atom. The van der Waals surface area contributed by atoms with Crippen LogP contribution >= 0.6 is 0 Å². The number of rotatable bonds is 3. The van der Waals surface area contributed by atoms with Gasteiger partial charge < -0.3 is 0 Å². The van der Waals surface area contributed by atoms with Crippen molar-refractivity contribution in [2.45, 2.75) is 11.8 Å². The van der Waals surface area contributed by atoms with Crippen molar-refractivity contribution in [3.05, 3.63) is 66.5 Å². The van der Waals surface area contributed by atoms with Gasteiger partial charge >= 0.3 is 0 Å². The fourth-order valence-corrected chi connectivity index (χ4v) is 2.96. The van der Waals surface area contributed by atoms with Gasteiger partial charge in [0.05, 0.1) is 16.3 Å². The highest BCUT2D eigenvalue weighted by Gasteiger charge is 2.12. The third kappa shape index (κ3) is 3.29. The number of benzene rings is 2. The molecule has 0 saturated carbocycles. The maximum atomic E-state index is 11.6. The van der Waals surface area contributed by atoms with E-state index in [2.05, 4.69) is 9.97 Å². The van der Waals surface area contributed by atoms with Gasteiger partial charge in [0.1, 0.15) is 0 Å². The molecule has 4 nitrogen and oxygen atoms in total. The molecule has 0 amide bonds. The van der Waals surface area contributed by atoms with E-state index < -0.39 is 9.84 Å². The third-order valence-electron chi connectivity index (χ3n) is 3.58. The highest BCUT2D eigenvalue weighted by atomic mass is 32.2. The molecule has 116 valence electrons. The maximum Gasteiger partial charge on any atom is 0.175 e. The first kappa shape index (κ1) is 15.4. The Kier molecular flexibility index (Phi) is 3.96. The van der Waals surface area contributed by atoms with E-state index in [9.17, 15) is 8.42 Å². The lowest BCUT2D eigenvalue weighted by molar-refractivity contribution is 0.602. The van der Waals surface area contributed by atoms with E-state index in [1.54, 1.807) is 36.7 Å². The molecule has 0 bridgehead atoms. The number of aromatic nitrogens is 2. The number of nitrogens with zero attached hydrogens (tertiary/aromatic N) is 2. The van der Waals surface area contributed by atoms with Gasteiger partial charge in [-0.1, -0.05) is 42.0 Å². The lowest BCUT2D eigenvalue weighted by atomic mass is 10.0. The molecule has 23 heavy (non-hydrogen) atoms. The Morgan fingerprint density at radius 1 is 0.739 bits per heavy atom. The number of aryl methyl sites for hydroxylation is 1. The van der Waals surface area contributed by atoms with Gasteiger partial charge in [0.15, 0.2) is 9.84 Å². The van der Waals surface area contributed by atoms with Gasteiger partial charge in [0, 0.05) is 29.8 Å². The molecule has 0 saturated heterocycles. The van der Waals surface area contributed by atoms with Crippen molar-refractivity contribution < 1.29 is 8.42 Å². The summed E-state index contributed by atoms with van der Waals surface area (Å²) in [6.07, 6.45) is 4.49. The zero-order valence-corrected chi connectivity index (χ0v) is 13.7. The largest absolute Gasteiger partial charge is 0.252 e. The van der Waals surface area contributed by atoms with Crippen molar-refractivity contribution in [2.24, 2.45) is 0 Å². The second-order valence-electron chi connectivity index (χ2n) is 5.42. The maximum absolute atomic E-state index is 11.6. The normalized spacial score (nSPS) is 11.4. The van der Waals surface area contributed by atoms with Crippen LogP contribution in [0.3, 0.4) is 0 Å². The van der Waals surface area contributed by atoms with Crippen LogP contribution in [0.1, 0.15) is 5.56 Å². The molecule has 0 radical (unpaired) electrons. The van der Waals surface area contributed by atoms with E-state index in [1.165, 1.54) is 11.8 Å². The molecular weight excluding hydrogens is 308 g/mol. The molecule has 0 spiro atoms. The Morgan fingerprint density at radius 2 is 1.17 bits per heavy atom. The SMILES string of the molecule is Cc1ccc(-c2nccnc2-c2ccc(S(C)(=O)=O)cc2)cc1. The molecule has 0 fully saturated rings. The van der Waals surface area contributed by atoms with Crippen molar-refractivity contribution in [2.75, 3.05) is 6.26 Å². The van der Waals surface area contributed by atoms with E-state index >= 15 is 0 Å². The zero-order valence-electron chi connectivity index (χ0n) is 12.9. The second kappa shape index (κ2) is 5.93. The lowest BCUT2D eigenvalue weighted by Gasteiger charge is -2.08. The van der Waals surface area contributed by atoms with Gasteiger partial charge in [-0.15, -0.1) is 0 Å². The number of sulfone groups is 1. The van der Waals surface area contributed by atoms with Crippen molar-refractivity contribution in [1.82, 2.24) is 9.97 Å². The van der Waals surface area contributed by atoms with Crippen molar-refractivity contribution >= 4 is 9.84 Å². The molecule has 1 aromatic heterocycles. The van der Waals surface area contributed by atoms with Crippen molar-refractivity contribution in [3.8, 4) is 22.5 Å². The molecule has 2 aromatic carbocycles. The molecule has 1 heterocycles. The minimum Gasteiger partial charge on any atom is -0.252 e. The fourth-order valence-electron chi connectivity index (χ4n) is 2.33. The summed E-state index contributed by atoms with van der Waals surface area (Å²) in [4.78, 5) is 9.17. The van der Waals surface area contributed by atoms with Crippen LogP contribution in [0.4, 0.5) is 0 Å². The van der Waals surface area contributed by atoms with Gasteiger partial charge in [0.2, 0.25) is 0 Å². The van der Waals surface area contributed by atoms with E-state index in [4.69, 9.17) is 0 Å². The van der Waals surface area contributed by atoms with E-state index in [1.807, 2.05) is 31.2 Å². The molecule has 3 rings (SSSR count). The predicted molar refractivity (Wildman–Crippen MR) is 90.8 cm³/mol. The standard InChI is InChI=1S/C18H16N2O2S/c1-13-3-5-14(6-4-13)17-18(20-12-11-19-17)15-7-9-16(10-8-15)23(2,21)22/h3-12H,1-2H3. The monoisotopic (exact) mass is 324 g/mol. The summed E-state index contributed by atoms with van der Waals surface area (Å²) in [5.74, 6) is 0. The van der Waals surface area contributed by atoms with Crippen LogP contribution in [0.5, 0.6) is 0 Å². The summed E-state index contributed by atoms with van der Waals surface area (Å²) in [6.45, 7) is 2.03. The van der Waals surface area contributed by atoms with Crippen LogP contribution < -0.4 is 0 Å². The quantitative estimate of drug-likeness (QED) is 0.739. The molecular formula is C18H16N2O2S. The third-order valence-corrected chi connectivity index (χ3v) is 4.71. The molecule has 5 heteroatoms. The summed E-state index contributed by atoms with van der Waals surface area (Å²) < 4.78 is 23.1. The fraction of sp³-hybridized carbons (Fsp3) is 0.111. The van der Waals surface area contributed by atoms with Gasteiger partial charge in [-0.05, 0) is 19.1 Å². The summed E-state index contributed by atoms with van der Waals surface area (Å²) in [6, 6.07) is 14.8. The van der Waals surface area contributed by atoms with Crippen LogP contribution in [0.15, 0.2) is 65.8 Å². The first-order valence-electron chi connectivity index (χ1n) is 7.14. The minimum absolute atomic E-state index is 0.294. The number of hydrogen-bond acceptors (Lipinski definition) is 4.